The lowest BCUT2D eigenvalue weighted by atomic mass is 9.97. The highest BCUT2D eigenvalue weighted by atomic mass is 32.2. The van der Waals surface area contributed by atoms with Crippen LogP contribution in [0.25, 0.3) is 55.2 Å². The minimum atomic E-state index is -0.327. The first-order valence-corrected chi connectivity index (χ1v) is 43.7. The number of thioether (sulfide) groups is 4. The standard InChI is InChI=1S/C18H20N4O2.C16H24N4O2S.C15H23N5O2S.C15H22N4O2S.C13H18N4O2S.CO2/c23-15-10-22(8-13(15)6-12-4-2-1-3-5-12)9-14-7-19-17-16(14)20-11-21-18(17)24;1-2-3-4-23-9-12-7-20(8-13(12)21)6-11-5-17-15-14(11)18-10-19-16(15)22;16-2-1-3-23-8-11-6-20(7-12(11)21)5-10-4-17-14-13(10)18-9-19-15(14)22;1-9(2)22-7-11-5-19(6-12(11)20)4-10-3-16-14-13(10)17-8-18-15(14)21;1-20-6-9-4-17(5-10(9)18)3-8-2-14-12-11(8)15-7-16-13(12)19;2-1-3/h1-5,7,11,13,15,19,23H,6,8-10H2,(H,20,21,24);5,10,12-13,17,21H,2-4,6-9H2,1H3,(H,18,19,22);4,9,11-12,17,21H,1-3,5-8,16H2,(H,18,19,22);3,8-9,11-12,16,20H,4-7H2,1-2H3,(H,17,18,21);2,7,9-10,14,18H,3-6H2,1H3,(H,15,16,19);/t13-,15-;12-,13+;2*11-,12+;9-,10+;/m01111./s1. The number of rotatable bonds is 27. The first-order chi connectivity index (χ1) is 55.7. The van der Waals surface area contributed by atoms with Gasteiger partial charge in [0.2, 0.25) is 0 Å². The number of aliphatic hydroxyl groups excluding tert-OH is 5. The molecule has 0 spiro atoms. The minimum absolute atomic E-state index is 0.145. The number of hydrogen-bond acceptors (Lipinski definition) is 27. The fraction of sp³-hybridized carbons (Fsp3) is 0.526. The smallest absolute Gasteiger partial charge is 0.373 e. The zero-order valence-corrected chi connectivity index (χ0v) is 68.4. The molecule has 0 bridgehead atoms. The van der Waals surface area contributed by atoms with E-state index in [1.807, 2.05) is 84.5 Å². The highest BCUT2D eigenvalue weighted by molar-refractivity contribution is 8.00. The Bertz CT molecular complexity index is 5070. The Balaban J connectivity index is 0.000000140. The topological polar surface area (TPSA) is 485 Å². The van der Waals surface area contributed by atoms with Crippen molar-refractivity contribution in [3.8, 4) is 0 Å². The van der Waals surface area contributed by atoms with Gasteiger partial charge in [0, 0.05) is 192 Å². The van der Waals surface area contributed by atoms with Crippen LogP contribution in [0.5, 0.6) is 0 Å². The van der Waals surface area contributed by atoms with Gasteiger partial charge in [-0.2, -0.15) is 56.6 Å². The lowest BCUT2D eigenvalue weighted by molar-refractivity contribution is -0.191. The van der Waals surface area contributed by atoms with Gasteiger partial charge in [0.05, 0.1) is 89.7 Å². The van der Waals surface area contributed by atoms with Gasteiger partial charge < -0.3 is 81.1 Å². The lowest BCUT2D eigenvalue weighted by Gasteiger charge is -2.15. The fourth-order valence-corrected chi connectivity index (χ4v) is 19.6. The number of nitrogens with two attached hydrogens (primary N) is 1. The van der Waals surface area contributed by atoms with Crippen molar-refractivity contribution in [1.82, 2.24) is 99.3 Å². The van der Waals surface area contributed by atoms with E-state index in [0.29, 0.717) is 133 Å². The summed E-state index contributed by atoms with van der Waals surface area (Å²) < 4.78 is 0. The van der Waals surface area contributed by atoms with Crippen LogP contribution in [0.4, 0.5) is 0 Å². The van der Waals surface area contributed by atoms with Crippen molar-refractivity contribution in [2.75, 3.05) is 113 Å². The fourth-order valence-electron chi connectivity index (χ4n) is 15.4. The number of H-pyrrole nitrogens is 10. The Morgan fingerprint density at radius 2 is 0.713 bits per heavy atom. The molecule has 5 fully saturated rings. The molecule has 5 aliphatic heterocycles. The Labute approximate surface area is 679 Å². The monoisotopic (exact) mass is 1660 g/mol. The molecule has 115 heavy (non-hydrogen) atoms. The van der Waals surface area contributed by atoms with Crippen LogP contribution in [0.15, 0.2) is 117 Å². The third kappa shape index (κ3) is 23.7. The lowest BCUT2D eigenvalue weighted by Crippen LogP contribution is -2.21. The number of β-amino-alcohol motifs (C(OH)–C–C–N with tert-alkyl or cyclic N) is 5. The molecule has 1 aromatic carbocycles. The van der Waals surface area contributed by atoms with Crippen LogP contribution in [0.3, 0.4) is 0 Å². The summed E-state index contributed by atoms with van der Waals surface area (Å²) in [6.07, 6.45) is 21.6. The Morgan fingerprint density at radius 1 is 0.426 bits per heavy atom. The maximum Gasteiger partial charge on any atom is 0.373 e. The molecule has 0 unspecified atom stereocenters. The number of aromatic amines is 10. The summed E-state index contributed by atoms with van der Waals surface area (Å²) in [6.45, 7) is 18.5. The van der Waals surface area contributed by atoms with Crippen molar-refractivity contribution < 1.29 is 35.1 Å². The number of nitrogens with zero attached hydrogens (tertiary/aromatic N) is 10. The molecule has 37 heteroatoms. The number of unbranched alkanes of at least 4 members (excludes halogenated alkanes) is 1. The van der Waals surface area contributed by atoms with Gasteiger partial charge in [0.1, 0.15) is 27.6 Å². The molecule has 11 aromatic rings. The van der Waals surface area contributed by atoms with Gasteiger partial charge in [-0.05, 0) is 71.6 Å². The molecular formula is C78H107N21O12S4. The quantitative estimate of drug-likeness (QED) is 0.0323. The summed E-state index contributed by atoms with van der Waals surface area (Å²) in [5.74, 6) is 7.66. The predicted octanol–water partition coefficient (Wildman–Crippen LogP) is 4.00. The predicted molar refractivity (Wildman–Crippen MR) is 452 cm³/mol. The molecule has 0 amide bonds. The van der Waals surface area contributed by atoms with Gasteiger partial charge in [0.25, 0.3) is 27.8 Å². The number of carbonyl (C=O) groups excluding carboxylic acids is 2. The van der Waals surface area contributed by atoms with Crippen LogP contribution >= 0.6 is 47.0 Å². The molecule has 620 valence electrons. The summed E-state index contributed by atoms with van der Waals surface area (Å²) in [6, 6.07) is 10.3. The molecule has 5 saturated heterocycles. The Morgan fingerprint density at radius 3 is 1.01 bits per heavy atom. The summed E-state index contributed by atoms with van der Waals surface area (Å²) in [5, 5.41) is 51.8. The number of benzene rings is 1. The SMILES string of the molecule is CC(C)SC[C@H]1CN(Cc2c[nH]c3c(=O)[nH]cnc23)C[C@@H]1O.CCCCSC[C@H]1CN(Cc2c[nH]c3c(=O)[nH]cnc23)C[C@@H]1O.CSC[C@H]1CN(Cc2c[nH]c3c(=O)[nH]cnc23)C[C@@H]1O.NCCCSC[C@H]1CN(Cc2c[nH]c3c(=O)[nH]cnc23)C[C@@H]1O.O=C=O.O=c1[nH]cnc2c(CN3C[C@H](Cc4ccccc4)[C@@H](O)C3)c[nH]c12. The molecule has 0 saturated carbocycles. The molecule has 16 rings (SSSR count). The number of hydrogen-bond donors (Lipinski definition) is 16. The van der Waals surface area contributed by atoms with Crippen molar-refractivity contribution in [2.45, 2.75) is 115 Å². The molecule has 0 aliphatic carbocycles. The van der Waals surface area contributed by atoms with E-state index in [4.69, 9.17) is 15.3 Å². The molecule has 15 heterocycles. The van der Waals surface area contributed by atoms with E-state index in [-0.39, 0.29) is 70.4 Å². The second-order valence-corrected chi connectivity index (χ2v) is 35.0. The first kappa shape index (κ1) is 87.5. The highest BCUT2D eigenvalue weighted by Gasteiger charge is 2.36. The van der Waals surface area contributed by atoms with E-state index in [1.54, 1.807) is 11.8 Å². The van der Waals surface area contributed by atoms with Crippen LogP contribution in [-0.2, 0) is 48.7 Å². The molecular weight excluding hydrogens is 1550 g/mol. The van der Waals surface area contributed by atoms with Crippen LogP contribution in [0, 0.1) is 29.6 Å². The summed E-state index contributed by atoms with van der Waals surface area (Å²) in [5.41, 5.74) is 17.2. The van der Waals surface area contributed by atoms with Crippen LogP contribution in [0.2, 0.25) is 0 Å². The normalized spacial score (nSPS) is 21.9. The first-order valence-electron chi connectivity index (χ1n) is 38.9. The largest absolute Gasteiger partial charge is 0.391 e. The van der Waals surface area contributed by atoms with Gasteiger partial charge >= 0.3 is 6.15 Å². The van der Waals surface area contributed by atoms with Crippen LogP contribution in [-0.4, -0.2) is 279 Å². The third-order valence-electron chi connectivity index (χ3n) is 21.3. The number of likely N-dealkylation sites (tertiary alicyclic amines) is 5. The van der Waals surface area contributed by atoms with Gasteiger partial charge in [-0.25, -0.2) is 24.9 Å². The van der Waals surface area contributed by atoms with Gasteiger partial charge in [0.15, 0.2) is 0 Å². The van der Waals surface area contributed by atoms with Gasteiger partial charge in [-0.15, -0.1) is 0 Å². The number of aliphatic hydroxyl groups is 5. The highest BCUT2D eigenvalue weighted by Crippen LogP contribution is 2.31. The van der Waals surface area contributed by atoms with Crippen molar-refractivity contribution >= 4 is 108 Å². The molecule has 10 aromatic heterocycles. The van der Waals surface area contributed by atoms with E-state index in [2.05, 4.69) is 138 Å². The van der Waals surface area contributed by atoms with Crippen molar-refractivity contribution in [1.29, 1.82) is 0 Å². The van der Waals surface area contributed by atoms with E-state index >= 15 is 0 Å². The Hall–Kier alpha value is -8.34. The zero-order valence-electron chi connectivity index (χ0n) is 65.2. The number of aromatic nitrogens is 15. The summed E-state index contributed by atoms with van der Waals surface area (Å²) >= 11 is 7.47. The number of nitrogens with one attached hydrogen (secondary N) is 10. The van der Waals surface area contributed by atoms with Crippen LogP contribution < -0.4 is 33.5 Å². The summed E-state index contributed by atoms with van der Waals surface area (Å²) in [4.78, 5) is 135. The molecule has 0 radical (unpaired) electrons. The van der Waals surface area contributed by atoms with Gasteiger partial charge in [-0.3, -0.25) is 48.5 Å². The van der Waals surface area contributed by atoms with E-state index in [0.717, 1.165) is 125 Å². The second kappa shape index (κ2) is 43.2. The maximum absolute atomic E-state index is 11.8. The van der Waals surface area contributed by atoms with E-state index in [9.17, 15) is 49.5 Å². The van der Waals surface area contributed by atoms with Crippen molar-refractivity contribution in [3.63, 3.8) is 0 Å². The molecule has 10 atom stereocenters. The molecule has 33 nitrogen and oxygen atoms in total. The number of fused-ring (bicyclic) bond motifs is 5. The molecule has 17 N–H and O–H groups in total. The Kier molecular flexibility index (Phi) is 32.9. The second-order valence-electron chi connectivity index (χ2n) is 30.2. The minimum Gasteiger partial charge on any atom is -0.391 e. The average molecular weight is 1660 g/mol. The van der Waals surface area contributed by atoms with E-state index in [1.165, 1.54) is 55.8 Å². The average Bonchev–Trinajstić information content (AvgIpc) is 1.69. The maximum atomic E-state index is 11.8. The van der Waals surface area contributed by atoms with Crippen molar-refractivity contribution in [3.05, 3.63) is 178 Å². The molecule has 5 aliphatic rings. The zero-order chi connectivity index (χ0) is 81.5. The van der Waals surface area contributed by atoms with E-state index < -0.39 is 0 Å². The van der Waals surface area contributed by atoms with Gasteiger partial charge in [-0.1, -0.05) is 57.5 Å². The third-order valence-corrected chi connectivity index (χ3v) is 25.8. The van der Waals surface area contributed by atoms with Crippen molar-refractivity contribution in [2.24, 2.45) is 35.3 Å². The van der Waals surface area contributed by atoms with Crippen LogP contribution in [0.1, 0.15) is 73.4 Å². The summed E-state index contributed by atoms with van der Waals surface area (Å²) in [7, 11) is 0.